The Morgan fingerprint density at radius 1 is 1.42 bits per heavy atom. The molecule has 0 saturated carbocycles. The van der Waals surface area contributed by atoms with E-state index >= 15 is 0 Å². The maximum absolute atomic E-state index is 12.7. The number of amides is 1. The van der Waals surface area contributed by atoms with Gasteiger partial charge in [0.25, 0.3) is 0 Å². The van der Waals surface area contributed by atoms with Crippen LogP contribution in [-0.2, 0) is 17.4 Å². The highest BCUT2D eigenvalue weighted by Gasteiger charge is 2.34. The van der Waals surface area contributed by atoms with Gasteiger partial charge in [-0.25, -0.2) is 9.97 Å². The minimum atomic E-state index is -4.43. The zero-order chi connectivity index (χ0) is 17.2. The Morgan fingerprint density at radius 2 is 2.25 bits per heavy atom. The van der Waals surface area contributed by atoms with Crippen LogP contribution < -0.4 is 0 Å². The molecule has 0 aromatic carbocycles. The number of thiazole rings is 1. The quantitative estimate of drug-likeness (QED) is 0.913. The van der Waals surface area contributed by atoms with Gasteiger partial charge in [0.05, 0.1) is 11.2 Å². The van der Waals surface area contributed by atoms with Crippen LogP contribution in [0.5, 0.6) is 0 Å². The number of imidazole rings is 1. The van der Waals surface area contributed by atoms with Crippen molar-refractivity contribution in [3.63, 3.8) is 0 Å². The predicted molar refractivity (Wildman–Crippen MR) is 82.6 cm³/mol. The van der Waals surface area contributed by atoms with Gasteiger partial charge in [-0.05, 0) is 12.8 Å². The van der Waals surface area contributed by atoms with E-state index < -0.39 is 11.9 Å². The summed E-state index contributed by atoms with van der Waals surface area (Å²) in [6.07, 6.45) is 0.540. The number of halogens is 3. The molecule has 130 valence electrons. The highest BCUT2D eigenvalue weighted by atomic mass is 32.1. The number of carbonyl (C=O) groups excluding carboxylic acids is 1. The van der Waals surface area contributed by atoms with Gasteiger partial charge in [-0.3, -0.25) is 4.79 Å². The van der Waals surface area contributed by atoms with Crippen LogP contribution in [0.2, 0.25) is 0 Å². The lowest BCUT2D eigenvalue weighted by atomic mass is 9.97. The van der Waals surface area contributed by atoms with Gasteiger partial charge < -0.3 is 9.88 Å². The van der Waals surface area contributed by atoms with Crippen LogP contribution in [0.25, 0.3) is 0 Å². The molecule has 1 aliphatic heterocycles. The molecule has 0 radical (unpaired) electrons. The number of alkyl halides is 3. The second-order valence-electron chi connectivity index (χ2n) is 5.78. The maximum Gasteiger partial charge on any atom is 0.432 e. The number of piperidine rings is 1. The molecule has 1 amide bonds. The van der Waals surface area contributed by atoms with Crippen LogP contribution in [0.1, 0.15) is 41.7 Å². The van der Waals surface area contributed by atoms with Gasteiger partial charge in [0.1, 0.15) is 11.5 Å². The van der Waals surface area contributed by atoms with E-state index in [1.807, 2.05) is 5.38 Å². The first kappa shape index (κ1) is 16.9. The fourth-order valence-corrected chi connectivity index (χ4v) is 3.48. The molecular weight excluding hydrogens is 341 g/mol. The number of H-pyrrole nitrogens is 1. The molecule has 9 heteroatoms. The fourth-order valence-electron chi connectivity index (χ4n) is 2.86. The largest absolute Gasteiger partial charge is 0.432 e. The van der Waals surface area contributed by atoms with Crippen LogP contribution >= 0.6 is 11.3 Å². The summed E-state index contributed by atoms with van der Waals surface area (Å²) in [5, 5.41) is 2.78. The van der Waals surface area contributed by atoms with Crippen LogP contribution in [-0.4, -0.2) is 38.8 Å². The van der Waals surface area contributed by atoms with Crippen molar-refractivity contribution < 1.29 is 18.0 Å². The molecule has 24 heavy (non-hydrogen) atoms. The smallest absolute Gasteiger partial charge is 0.342 e. The Hall–Kier alpha value is -1.90. The molecule has 5 nitrogen and oxygen atoms in total. The Kier molecular flexibility index (Phi) is 4.88. The standard InChI is InChI=1S/C15H17F3N4OS/c16-15(17,18)11-8-20-14(21-11)10-2-1-6-22(9-10)13(23)4-3-12-19-5-7-24-12/h5,7-8,10H,1-4,6,9H2,(H,20,21). The first-order valence-electron chi connectivity index (χ1n) is 7.71. The molecule has 2 aromatic heterocycles. The van der Waals surface area contributed by atoms with Gasteiger partial charge in [-0.15, -0.1) is 11.3 Å². The fraction of sp³-hybridized carbons (Fsp3) is 0.533. The third-order valence-electron chi connectivity index (χ3n) is 4.10. The number of carbonyl (C=O) groups is 1. The summed E-state index contributed by atoms with van der Waals surface area (Å²) in [5.41, 5.74) is -0.843. The van der Waals surface area contributed by atoms with Gasteiger partial charge in [-0.1, -0.05) is 0 Å². The third kappa shape index (κ3) is 3.95. The maximum atomic E-state index is 12.7. The van der Waals surface area contributed by atoms with Crippen molar-refractivity contribution in [1.82, 2.24) is 19.9 Å². The number of likely N-dealkylation sites (tertiary alicyclic amines) is 1. The zero-order valence-corrected chi connectivity index (χ0v) is 13.7. The Labute approximate surface area is 140 Å². The van der Waals surface area contributed by atoms with E-state index in [0.29, 0.717) is 31.8 Å². The molecule has 3 heterocycles. The minimum absolute atomic E-state index is 0.0116. The SMILES string of the molecule is O=C(CCc1nccs1)N1CCCC(c2ncc(C(F)(F)F)[nH]2)C1. The van der Waals surface area contributed by atoms with Crippen molar-refractivity contribution in [2.75, 3.05) is 13.1 Å². The summed E-state index contributed by atoms with van der Waals surface area (Å²) in [6.45, 7) is 1.04. The van der Waals surface area contributed by atoms with Gasteiger partial charge in [0.2, 0.25) is 5.91 Å². The molecule has 2 aromatic rings. The number of aryl methyl sites for hydroxylation is 1. The Bertz CT molecular complexity index is 683. The Morgan fingerprint density at radius 3 is 2.92 bits per heavy atom. The molecule has 1 unspecified atom stereocenters. The molecule has 1 N–H and O–H groups in total. The molecule has 0 bridgehead atoms. The van der Waals surface area contributed by atoms with Gasteiger partial charge in [0, 0.05) is 43.4 Å². The molecule has 1 aliphatic rings. The topological polar surface area (TPSA) is 61.9 Å². The lowest BCUT2D eigenvalue weighted by Gasteiger charge is -2.32. The molecule has 0 aliphatic carbocycles. The van der Waals surface area contributed by atoms with Crippen molar-refractivity contribution in [1.29, 1.82) is 0 Å². The number of hydrogen-bond acceptors (Lipinski definition) is 4. The molecule has 1 saturated heterocycles. The van der Waals surface area contributed by atoms with Gasteiger partial charge in [-0.2, -0.15) is 13.2 Å². The van der Waals surface area contributed by atoms with E-state index in [2.05, 4.69) is 15.0 Å². The highest BCUT2D eigenvalue weighted by Crippen LogP contribution is 2.31. The molecule has 3 rings (SSSR count). The summed E-state index contributed by atoms with van der Waals surface area (Å²) in [5.74, 6) is 0.135. The molecule has 1 fully saturated rings. The second kappa shape index (κ2) is 6.92. The monoisotopic (exact) mass is 358 g/mol. The van der Waals surface area contributed by atoms with Crippen LogP contribution in [0, 0.1) is 0 Å². The summed E-state index contributed by atoms with van der Waals surface area (Å²) in [7, 11) is 0. The number of aromatic nitrogens is 3. The number of nitrogens with zero attached hydrogens (tertiary/aromatic N) is 3. The van der Waals surface area contributed by atoms with Crippen molar-refractivity contribution in [3.05, 3.63) is 34.3 Å². The third-order valence-corrected chi connectivity index (χ3v) is 4.94. The summed E-state index contributed by atoms with van der Waals surface area (Å²) in [6, 6.07) is 0. The number of rotatable bonds is 4. The van der Waals surface area contributed by atoms with Crippen molar-refractivity contribution in [3.8, 4) is 0 Å². The van der Waals surface area contributed by atoms with Crippen LogP contribution in [0.15, 0.2) is 17.8 Å². The molecule has 1 atom stereocenters. The molecular formula is C15H17F3N4OS. The van der Waals surface area contributed by atoms with Crippen molar-refractivity contribution in [2.45, 2.75) is 37.8 Å². The summed E-state index contributed by atoms with van der Waals surface area (Å²) < 4.78 is 38.0. The van der Waals surface area contributed by atoms with Crippen molar-refractivity contribution in [2.24, 2.45) is 0 Å². The van der Waals surface area contributed by atoms with Crippen molar-refractivity contribution >= 4 is 17.2 Å². The van der Waals surface area contributed by atoms with E-state index in [-0.39, 0.29) is 11.8 Å². The first-order valence-corrected chi connectivity index (χ1v) is 8.59. The van der Waals surface area contributed by atoms with E-state index in [0.717, 1.165) is 24.0 Å². The predicted octanol–water partition coefficient (Wildman–Crippen LogP) is 3.22. The Balaban J connectivity index is 1.59. The lowest BCUT2D eigenvalue weighted by molar-refractivity contribution is -0.141. The first-order chi connectivity index (χ1) is 11.4. The average Bonchev–Trinajstić information content (AvgIpc) is 3.23. The number of nitrogens with one attached hydrogen (secondary N) is 1. The van der Waals surface area contributed by atoms with E-state index in [9.17, 15) is 18.0 Å². The van der Waals surface area contributed by atoms with Crippen LogP contribution in [0.4, 0.5) is 13.2 Å². The minimum Gasteiger partial charge on any atom is -0.342 e. The highest BCUT2D eigenvalue weighted by molar-refractivity contribution is 7.09. The second-order valence-corrected chi connectivity index (χ2v) is 6.76. The average molecular weight is 358 g/mol. The zero-order valence-electron chi connectivity index (χ0n) is 12.8. The normalized spacial score (nSPS) is 18.8. The van der Waals surface area contributed by atoms with Gasteiger partial charge >= 0.3 is 6.18 Å². The number of hydrogen-bond donors (Lipinski definition) is 1. The van der Waals surface area contributed by atoms with E-state index in [1.54, 1.807) is 11.1 Å². The molecule has 0 spiro atoms. The van der Waals surface area contributed by atoms with Gasteiger partial charge in [0.15, 0.2) is 0 Å². The van der Waals surface area contributed by atoms with E-state index in [4.69, 9.17) is 0 Å². The summed E-state index contributed by atoms with van der Waals surface area (Å²) in [4.78, 5) is 24.4. The summed E-state index contributed by atoms with van der Waals surface area (Å²) >= 11 is 1.51. The lowest BCUT2D eigenvalue weighted by Crippen LogP contribution is -2.39. The van der Waals surface area contributed by atoms with Crippen LogP contribution in [0.3, 0.4) is 0 Å². The number of aromatic amines is 1. The van der Waals surface area contributed by atoms with E-state index in [1.165, 1.54) is 11.3 Å².